The van der Waals surface area contributed by atoms with Crippen LogP contribution in [0.4, 0.5) is 18.4 Å². The van der Waals surface area contributed by atoms with Crippen LogP contribution in [-0.4, -0.2) is 51.3 Å². The number of nitrogens with zero attached hydrogens (tertiary/aromatic N) is 1. The molecule has 0 aromatic rings. The van der Waals surface area contributed by atoms with Crippen molar-refractivity contribution in [1.82, 2.24) is 4.90 Å². The molecule has 1 aliphatic rings. The maximum Gasteiger partial charge on any atom is 0.420 e. The Bertz CT molecular complexity index is 509. The highest BCUT2D eigenvalue weighted by Gasteiger charge is 2.72. The van der Waals surface area contributed by atoms with Gasteiger partial charge in [0.1, 0.15) is 11.2 Å². The van der Waals surface area contributed by atoms with Gasteiger partial charge in [-0.15, -0.1) is 0 Å². The minimum absolute atomic E-state index is 0.169. The number of carbonyl (C=O) groups is 3. The number of carboxylic acid groups (broad SMARTS) is 1. The highest BCUT2D eigenvalue weighted by molar-refractivity contribution is 5.98. The van der Waals surface area contributed by atoms with Gasteiger partial charge < -0.3 is 14.6 Å². The minimum atomic E-state index is -3.01. The second-order valence-corrected chi connectivity index (χ2v) is 7.67. The minimum Gasteiger partial charge on any atom is -0.479 e. The lowest BCUT2D eigenvalue weighted by atomic mass is 10.1. The van der Waals surface area contributed by atoms with Crippen molar-refractivity contribution < 1.29 is 37.7 Å². The van der Waals surface area contributed by atoms with Crippen LogP contribution in [0.5, 0.6) is 0 Å². The number of halogens is 2. The SMILES string of the molecule is CC(C)(C)OC(=O)N(C(=O)OC(C)(C)C)C1(C(=O)O)CC1C(F)F. The first-order valence-corrected chi connectivity index (χ1v) is 7.39. The topological polar surface area (TPSA) is 93.1 Å². The molecule has 0 spiro atoms. The third-order valence-electron chi connectivity index (χ3n) is 3.21. The monoisotopic (exact) mass is 351 g/mol. The van der Waals surface area contributed by atoms with Gasteiger partial charge in [0.15, 0.2) is 5.54 Å². The number of hydrogen-bond acceptors (Lipinski definition) is 5. The van der Waals surface area contributed by atoms with Crippen molar-refractivity contribution in [1.29, 1.82) is 0 Å². The average molecular weight is 351 g/mol. The average Bonchev–Trinajstić information content (AvgIpc) is 3.00. The van der Waals surface area contributed by atoms with Gasteiger partial charge in [-0.1, -0.05) is 0 Å². The van der Waals surface area contributed by atoms with Crippen molar-refractivity contribution >= 4 is 18.2 Å². The Balaban J connectivity index is 3.25. The van der Waals surface area contributed by atoms with Gasteiger partial charge in [0.05, 0.1) is 5.92 Å². The predicted molar refractivity (Wildman–Crippen MR) is 78.8 cm³/mol. The number of aliphatic carboxylic acids is 1. The van der Waals surface area contributed by atoms with E-state index >= 15 is 0 Å². The lowest BCUT2D eigenvalue weighted by Gasteiger charge is -2.32. The molecule has 9 heteroatoms. The van der Waals surface area contributed by atoms with Crippen LogP contribution in [0.1, 0.15) is 48.0 Å². The molecule has 0 bridgehead atoms. The fourth-order valence-corrected chi connectivity index (χ4v) is 2.19. The number of imide groups is 1. The molecule has 0 heterocycles. The maximum atomic E-state index is 13.0. The second kappa shape index (κ2) is 6.18. The van der Waals surface area contributed by atoms with Gasteiger partial charge >= 0.3 is 18.2 Å². The number of amides is 2. The molecule has 1 saturated carbocycles. The van der Waals surface area contributed by atoms with Crippen LogP contribution in [-0.2, 0) is 14.3 Å². The third-order valence-corrected chi connectivity index (χ3v) is 3.21. The van der Waals surface area contributed by atoms with Gasteiger partial charge in [-0.05, 0) is 48.0 Å². The van der Waals surface area contributed by atoms with Gasteiger partial charge in [-0.3, -0.25) is 0 Å². The Morgan fingerprint density at radius 3 is 1.62 bits per heavy atom. The fourth-order valence-electron chi connectivity index (χ4n) is 2.19. The fraction of sp³-hybridized carbons (Fsp3) is 0.800. The summed E-state index contributed by atoms with van der Waals surface area (Å²) in [5.74, 6) is -3.38. The summed E-state index contributed by atoms with van der Waals surface area (Å²) >= 11 is 0. The molecule has 24 heavy (non-hydrogen) atoms. The molecule has 0 saturated heterocycles. The van der Waals surface area contributed by atoms with E-state index in [0.29, 0.717) is 0 Å². The molecule has 1 N–H and O–H groups in total. The van der Waals surface area contributed by atoms with Crippen LogP contribution in [0.3, 0.4) is 0 Å². The molecule has 7 nitrogen and oxygen atoms in total. The van der Waals surface area contributed by atoms with Crippen molar-refractivity contribution in [2.24, 2.45) is 5.92 Å². The van der Waals surface area contributed by atoms with E-state index in [0.717, 1.165) is 0 Å². The van der Waals surface area contributed by atoms with Crippen molar-refractivity contribution in [3.63, 3.8) is 0 Å². The Labute approximate surface area is 138 Å². The predicted octanol–water partition coefficient (Wildman–Crippen LogP) is 3.27. The number of carboxylic acids is 1. The third kappa shape index (κ3) is 4.33. The Morgan fingerprint density at radius 2 is 1.42 bits per heavy atom. The van der Waals surface area contributed by atoms with Gasteiger partial charge in [0.25, 0.3) is 0 Å². The molecule has 0 aliphatic heterocycles. The number of hydrogen-bond donors (Lipinski definition) is 1. The number of carbonyl (C=O) groups excluding carboxylic acids is 2. The Morgan fingerprint density at radius 1 is 1.04 bits per heavy atom. The first kappa shape index (κ1) is 20.1. The molecular formula is C15H23F2NO6. The van der Waals surface area contributed by atoms with Crippen LogP contribution in [0.2, 0.25) is 0 Å². The summed E-state index contributed by atoms with van der Waals surface area (Å²) in [5.41, 5.74) is -4.46. The van der Waals surface area contributed by atoms with E-state index < -0.39 is 53.7 Å². The van der Waals surface area contributed by atoms with Crippen molar-refractivity contribution in [3.8, 4) is 0 Å². The van der Waals surface area contributed by atoms with E-state index in [2.05, 4.69) is 0 Å². The van der Waals surface area contributed by atoms with Crippen LogP contribution in [0, 0.1) is 5.92 Å². The number of ether oxygens (including phenoxy) is 2. The maximum absolute atomic E-state index is 13.0. The van der Waals surface area contributed by atoms with E-state index in [1.54, 1.807) is 0 Å². The van der Waals surface area contributed by atoms with Crippen LogP contribution in [0.15, 0.2) is 0 Å². The lowest BCUT2D eigenvalue weighted by Crippen LogP contribution is -2.55. The molecule has 0 radical (unpaired) electrons. The molecule has 1 fully saturated rings. The molecule has 2 amide bonds. The van der Waals surface area contributed by atoms with Crippen LogP contribution in [0.25, 0.3) is 0 Å². The van der Waals surface area contributed by atoms with Gasteiger partial charge in [0, 0.05) is 0 Å². The molecule has 2 atom stereocenters. The molecular weight excluding hydrogens is 328 g/mol. The standard InChI is InChI=1S/C15H23F2NO6/c1-13(2,3)23-11(21)18(12(22)24-14(4,5)6)15(10(19)20)7-8(15)9(16)17/h8-9H,7H2,1-6H3,(H,19,20). The molecule has 2 unspecified atom stereocenters. The van der Waals surface area contributed by atoms with E-state index in [1.807, 2.05) is 0 Å². The summed E-state index contributed by atoms with van der Waals surface area (Å²) in [7, 11) is 0. The first-order chi connectivity index (χ1) is 10.6. The van der Waals surface area contributed by atoms with E-state index in [-0.39, 0.29) is 4.90 Å². The summed E-state index contributed by atoms with van der Waals surface area (Å²) < 4.78 is 36.1. The Kier molecular flexibility index (Phi) is 5.18. The van der Waals surface area contributed by atoms with E-state index in [4.69, 9.17) is 9.47 Å². The lowest BCUT2D eigenvalue weighted by molar-refractivity contribution is -0.146. The van der Waals surface area contributed by atoms with Gasteiger partial charge in [-0.2, -0.15) is 4.90 Å². The summed E-state index contributed by atoms with van der Waals surface area (Å²) in [6, 6.07) is 0. The summed E-state index contributed by atoms with van der Waals surface area (Å²) in [6.45, 7) is 9.02. The summed E-state index contributed by atoms with van der Waals surface area (Å²) in [6.07, 6.45) is -6.23. The Hall–Kier alpha value is -1.93. The van der Waals surface area contributed by atoms with Crippen molar-refractivity contribution in [3.05, 3.63) is 0 Å². The number of alkyl halides is 2. The molecule has 1 rings (SSSR count). The van der Waals surface area contributed by atoms with Gasteiger partial charge in [-0.25, -0.2) is 23.2 Å². The van der Waals surface area contributed by atoms with E-state index in [9.17, 15) is 28.3 Å². The highest BCUT2D eigenvalue weighted by atomic mass is 19.3. The zero-order valence-corrected chi connectivity index (χ0v) is 14.6. The zero-order valence-electron chi connectivity index (χ0n) is 14.6. The molecule has 0 aromatic heterocycles. The normalized spacial score (nSPS) is 23.6. The van der Waals surface area contributed by atoms with Crippen molar-refractivity contribution in [2.75, 3.05) is 0 Å². The smallest absolute Gasteiger partial charge is 0.420 e. The molecule has 0 aromatic carbocycles. The van der Waals surface area contributed by atoms with E-state index in [1.165, 1.54) is 41.5 Å². The number of rotatable bonds is 3. The molecule has 138 valence electrons. The largest absolute Gasteiger partial charge is 0.479 e. The second-order valence-electron chi connectivity index (χ2n) is 7.67. The van der Waals surface area contributed by atoms with Crippen LogP contribution >= 0.6 is 0 Å². The van der Waals surface area contributed by atoms with Crippen molar-refractivity contribution in [2.45, 2.75) is 71.1 Å². The highest BCUT2D eigenvalue weighted by Crippen LogP contribution is 2.53. The quantitative estimate of drug-likeness (QED) is 0.839. The first-order valence-electron chi connectivity index (χ1n) is 7.39. The van der Waals surface area contributed by atoms with Gasteiger partial charge in [0.2, 0.25) is 6.43 Å². The molecule has 1 aliphatic carbocycles. The summed E-state index contributed by atoms with van der Waals surface area (Å²) in [5, 5.41) is 9.40. The van der Waals surface area contributed by atoms with Crippen LogP contribution < -0.4 is 0 Å². The zero-order chi connectivity index (χ0) is 19.1. The summed E-state index contributed by atoms with van der Waals surface area (Å²) in [4.78, 5) is 36.4.